The summed E-state index contributed by atoms with van der Waals surface area (Å²) < 4.78 is 31.3. The van der Waals surface area contributed by atoms with Crippen LogP contribution in [0.1, 0.15) is 24.7 Å². The van der Waals surface area contributed by atoms with Gasteiger partial charge in [0.05, 0.1) is 24.0 Å². The van der Waals surface area contributed by atoms with Gasteiger partial charge in [-0.25, -0.2) is 8.42 Å². The number of hydrogen-bond donors (Lipinski definition) is 1. The first kappa shape index (κ1) is 21.4. The molecule has 1 amide bonds. The number of carbonyl (C=O) groups excluding carboxylic acids is 1. The number of sulfonamides is 1. The molecule has 0 radical (unpaired) electrons. The predicted molar refractivity (Wildman–Crippen MR) is 110 cm³/mol. The van der Waals surface area contributed by atoms with Crippen LogP contribution in [-0.2, 0) is 20.6 Å². The average molecular weight is 411 g/mol. The van der Waals surface area contributed by atoms with Gasteiger partial charge < -0.3 is 9.73 Å². The number of benzene rings is 1. The topological polar surface area (TPSA) is 79.6 Å². The maximum atomic E-state index is 12.7. The zero-order chi connectivity index (χ0) is 19.9. The molecule has 0 spiro atoms. The van der Waals surface area contributed by atoms with Crippen molar-refractivity contribution in [3.63, 3.8) is 0 Å². The predicted octanol–water partition coefficient (Wildman–Crippen LogP) is 3.18. The SMILES string of the molecule is CCC(C(=O)NCCSCc1ccco1)N(c1cccc(C)c1)S(C)(=O)=O. The summed E-state index contributed by atoms with van der Waals surface area (Å²) in [6, 6.07) is 10.1. The van der Waals surface area contributed by atoms with Crippen LogP contribution in [0, 0.1) is 6.92 Å². The Bertz CT molecular complexity index is 835. The summed E-state index contributed by atoms with van der Waals surface area (Å²) in [6.45, 7) is 4.16. The molecule has 0 saturated heterocycles. The van der Waals surface area contributed by atoms with Crippen molar-refractivity contribution >= 4 is 33.4 Å². The van der Waals surface area contributed by atoms with Gasteiger partial charge in [-0.3, -0.25) is 9.10 Å². The Hall–Kier alpha value is -1.93. The summed E-state index contributed by atoms with van der Waals surface area (Å²) in [4.78, 5) is 12.7. The van der Waals surface area contributed by atoms with Gasteiger partial charge in [0.25, 0.3) is 0 Å². The van der Waals surface area contributed by atoms with E-state index in [1.54, 1.807) is 36.2 Å². The number of amides is 1. The highest BCUT2D eigenvalue weighted by Crippen LogP contribution is 2.23. The van der Waals surface area contributed by atoms with Crippen LogP contribution in [0.2, 0.25) is 0 Å². The van der Waals surface area contributed by atoms with E-state index in [4.69, 9.17) is 4.42 Å². The molecule has 2 rings (SSSR count). The molecule has 27 heavy (non-hydrogen) atoms. The average Bonchev–Trinajstić information content (AvgIpc) is 3.11. The Morgan fingerprint density at radius 2 is 2.07 bits per heavy atom. The monoisotopic (exact) mass is 410 g/mol. The molecule has 0 fully saturated rings. The quantitative estimate of drug-likeness (QED) is 0.609. The van der Waals surface area contributed by atoms with E-state index in [9.17, 15) is 13.2 Å². The number of thioether (sulfide) groups is 1. The minimum atomic E-state index is -3.60. The number of aryl methyl sites for hydroxylation is 1. The molecule has 0 aliphatic rings. The molecule has 2 aromatic rings. The van der Waals surface area contributed by atoms with Gasteiger partial charge in [-0.05, 0) is 43.2 Å². The third kappa shape index (κ3) is 6.32. The molecule has 1 heterocycles. The lowest BCUT2D eigenvalue weighted by Gasteiger charge is -2.30. The van der Waals surface area contributed by atoms with Gasteiger partial charge in [0, 0.05) is 12.3 Å². The number of nitrogens with one attached hydrogen (secondary N) is 1. The zero-order valence-corrected chi connectivity index (χ0v) is 17.5. The molecule has 8 heteroatoms. The largest absolute Gasteiger partial charge is 0.468 e. The fraction of sp³-hybridized carbons (Fsp3) is 0.421. The van der Waals surface area contributed by atoms with Crippen molar-refractivity contribution in [1.29, 1.82) is 0 Å². The molecule has 0 aliphatic carbocycles. The second kappa shape index (κ2) is 9.85. The molecule has 0 saturated carbocycles. The van der Waals surface area contributed by atoms with E-state index in [0.29, 0.717) is 24.4 Å². The fourth-order valence-electron chi connectivity index (χ4n) is 2.76. The standard InChI is InChI=1S/C19H26N2O4S2/c1-4-18(19(22)20-10-12-26-14-17-9-6-11-25-17)21(27(3,23)24)16-8-5-7-15(2)13-16/h5-9,11,13,18H,4,10,12,14H2,1-3H3,(H,20,22). The smallest absolute Gasteiger partial charge is 0.243 e. The number of hydrogen-bond acceptors (Lipinski definition) is 5. The van der Waals surface area contributed by atoms with Crippen LogP contribution in [0.15, 0.2) is 47.1 Å². The van der Waals surface area contributed by atoms with Crippen molar-refractivity contribution in [3.05, 3.63) is 54.0 Å². The van der Waals surface area contributed by atoms with Gasteiger partial charge in [0.2, 0.25) is 15.9 Å². The number of nitrogens with zero attached hydrogens (tertiary/aromatic N) is 1. The molecule has 1 unspecified atom stereocenters. The number of rotatable bonds is 10. The van der Waals surface area contributed by atoms with E-state index >= 15 is 0 Å². The molecule has 1 aromatic carbocycles. The summed E-state index contributed by atoms with van der Waals surface area (Å²) in [7, 11) is -3.60. The van der Waals surface area contributed by atoms with Crippen LogP contribution in [0.4, 0.5) is 5.69 Å². The third-order valence-electron chi connectivity index (χ3n) is 3.96. The molecule has 0 bridgehead atoms. The fourth-order valence-corrected chi connectivity index (χ4v) is 4.72. The highest BCUT2D eigenvalue weighted by atomic mass is 32.2. The molecule has 1 atom stereocenters. The van der Waals surface area contributed by atoms with Crippen molar-refractivity contribution in [2.75, 3.05) is 22.9 Å². The molecule has 1 aromatic heterocycles. The zero-order valence-electron chi connectivity index (χ0n) is 15.8. The Labute approximate surface area is 165 Å². The molecule has 1 N–H and O–H groups in total. The number of anilines is 1. The number of carbonyl (C=O) groups is 1. The van der Waals surface area contributed by atoms with Gasteiger partial charge in [-0.15, -0.1) is 0 Å². The number of furan rings is 1. The van der Waals surface area contributed by atoms with Crippen LogP contribution >= 0.6 is 11.8 Å². The second-order valence-corrected chi connectivity index (χ2v) is 9.21. The van der Waals surface area contributed by atoms with E-state index in [-0.39, 0.29) is 5.91 Å². The Morgan fingerprint density at radius 3 is 2.67 bits per heavy atom. The summed E-state index contributed by atoms with van der Waals surface area (Å²) >= 11 is 1.64. The first-order valence-electron chi connectivity index (χ1n) is 8.77. The normalized spacial score (nSPS) is 12.6. The highest BCUT2D eigenvalue weighted by Gasteiger charge is 2.31. The maximum Gasteiger partial charge on any atom is 0.243 e. The first-order valence-corrected chi connectivity index (χ1v) is 11.8. The summed E-state index contributed by atoms with van der Waals surface area (Å²) in [6.07, 6.45) is 3.14. The van der Waals surface area contributed by atoms with Crippen molar-refractivity contribution in [2.45, 2.75) is 32.1 Å². The third-order valence-corrected chi connectivity index (χ3v) is 6.12. The Balaban J connectivity index is 1.99. The minimum Gasteiger partial charge on any atom is -0.468 e. The van der Waals surface area contributed by atoms with Crippen molar-refractivity contribution < 1.29 is 17.6 Å². The van der Waals surface area contributed by atoms with Crippen molar-refractivity contribution in [3.8, 4) is 0 Å². The molecular weight excluding hydrogens is 384 g/mol. The minimum absolute atomic E-state index is 0.289. The Kier molecular flexibility index (Phi) is 7.79. The van der Waals surface area contributed by atoms with E-state index in [1.807, 2.05) is 32.0 Å². The van der Waals surface area contributed by atoms with E-state index < -0.39 is 16.1 Å². The van der Waals surface area contributed by atoms with Crippen LogP contribution in [-0.4, -0.2) is 38.9 Å². The molecule has 148 valence electrons. The first-order chi connectivity index (χ1) is 12.8. The summed E-state index contributed by atoms with van der Waals surface area (Å²) in [5.41, 5.74) is 1.44. The summed E-state index contributed by atoms with van der Waals surface area (Å²) in [5, 5.41) is 2.85. The molecule has 0 aliphatic heterocycles. The second-order valence-electron chi connectivity index (χ2n) is 6.24. The lowest BCUT2D eigenvalue weighted by atomic mass is 10.1. The summed E-state index contributed by atoms with van der Waals surface area (Å²) in [5.74, 6) is 2.05. The highest BCUT2D eigenvalue weighted by molar-refractivity contribution is 7.98. The van der Waals surface area contributed by atoms with E-state index in [0.717, 1.165) is 23.3 Å². The van der Waals surface area contributed by atoms with Gasteiger partial charge in [0.1, 0.15) is 11.8 Å². The van der Waals surface area contributed by atoms with Crippen LogP contribution < -0.4 is 9.62 Å². The Morgan fingerprint density at radius 1 is 1.30 bits per heavy atom. The lowest BCUT2D eigenvalue weighted by Crippen LogP contribution is -2.49. The molecular formula is C19H26N2O4S2. The van der Waals surface area contributed by atoms with Crippen molar-refractivity contribution in [2.24, 2.45) is 0 Å². The van der Waals surface area contributed by atoms with Crippen molar-refractivity contribution in [1.82, 2.24) is 5.32 Å². The van der Waals surface area contributed by atoms with Crippen LogP contribution in [0.5, 0.6) is 0 Å². The van der Waals surface area contributed by atoms with Crippen LogP contribution in [0.25, 0.3) is 0 Å². The van der Waals surface area contributed by atoms with E-state index in [2.05, 4.69) is 5.32 Å². The van der Waals surface area contributed by atoms with Crippen LogP contribution in [0.3, 0.4) is 0 Å². The van der Waals surface area contributed by atoms with Gasteiger partial charge in [0.15, 0.2) is 0 Å². The van der Waals surface area contributed by atoms with Gasteiger partial charge in [-0.1, -0.05) is 19.1 Å². The molecule has 6 nitrogen and oxygen atoms in total. The lowest BCUT2D eigenvalue weighted by molar-refractivity contribution is -0.122. The van der Waals surface area contributed by atoms with E-state index in [1.165, 1.54) is 4.31 Å². The van der Waals surface area contributed by atoms with Gasteiger partial charge >= 0.3 is 0 Å². The van der Waals surface area contributed by atoms with Gasteiger partial charge in [-0.2, -0.15) is 11.8 Å². The maximum absolute atomic E-state index is 12.7.